The molecule has 0 spiro atoms. The molecular weight excluding hydrogens is 308 g/mol. The standard InChI is InChI=1S/C18H29ClN4/c19-17-5-4-16(15-22-11-7-21-8-12-22)18(14-17)23-10-3-1-2-6-20-9-13-23/h4-5,14,20-21H,1-3,6-13,15H2. The van der Waals surface area contributed by atoms with Crippen LogP contribution < -0.4 is 15.5 Å². The van der Waals surface area contributed by atoms with E-state index in [1.807, 2.05) is 6.07 Å². The van der Waals surface area contributed by atoms with Gasteiger partial charge in [-0.25, -0.2) is 0 Å². The maximum absolute atomic E-state index is 6.32. The molecule has 2 saturated heterocycles. The number of hydrogen-bond acceptors (Lipinski definition) is 4. The van der Waals surface area contributed by atoms with Crippen LogP contribution in [0.1, 0.15) is 24.8 Å². The molecule has 1 aromatic rings. The largest absolute Gasteiger partial charge is 0.370 e. The zero-order chi connectivity index (χ0) is 15.9. The van der Waals surface area contributed by atoms with Gasteiger partial charge in [-0.2, -0.15) is 0 Å². The Morgan fingerprint density at radius 2 is 1.65 bits per heavy atom. The Hall–Kier alpha value is -0.810. The Bertz CT molecular complexity index is 478. The first-order valence-electron chi connectivity index (χ1n) is 9.00. The molecule has 0 aromatic heterocycles. The van der Waals surface area contributed by atoms with Crippen LogP contribution in [-0.2, 0) is 6.54 Å². The molecular formula is C18H29ClN4. The van der Waals surface area contributed by atoms with Crippen molar-refractivity contribution in [1.29, 1.82) is 0 Å². The van der Waals surface area contributed by atoms with Crippen LogP contribution in [0.15, 0.2) is 18.2 Å². The summed E-state index contributed by atoms with van der Waals surface area (Å²) in [6.45, 7) is 9.88. The molecule has 2 heterocycles. The van der Waals surface area contributed by atoms with Gasteiger partial charge >= 0.3 is 0 Å². The third-order valence-electron chi connectivity index (χ3n) is 4.83. The molecule has 4 nitrogen and oxygen atoms in total. The van der Waals surface area contributed by atoms with Crippen LogP contribution in [0, 0.1) is 0 Å². The second-order valence-corrected chi connectivity index (χ2v) is 7.03. The van der Waals surface area contributed by atoms with E-state index in [0.717, 1.165) is 63.9 Å². The van der Waals surface area contributed by atoms with Crippen molar-refractivity contribution in [1.82, 2.24) is 15.5 Å². The maximum Gasteiger partial charge on any atom is 0.0427 e. The summed E-state index contributed by atoms with van der Waals surface area (Å²) in [5.41, 5.74) is 2.75. The average Bonchev–Trinajstić information content (AvgIpc) is 2.71. The first-order valence-corrected chi connectivity index (χ1v) is 9.38. The number of piperazine rings is 1. The van der Waals surface area contributed by atoms with Crippen LogP contribution in [0.4, 0.5) is 5.69 Å². The molecule has 5 heteroatoms. The first-order chi connectivity index (χ1) is 11.3. The minimum atomic E-state index is 0.844. The second-order valence-electron chi connectivity index (χ2n) is 6.60. The van der Waals surface area contributed by atoms with Crippen LogP contribution in [0.25, 0.3) is 0 Å². The first kappa shape index (κ1) is 17.0. The van der Waals surface area contributed by atoms with Crippen LogP contribution in [0.2, 0.25) is 5.02 Å². The number of anilines is 1. The topological polar surface area (TPSA) is 30.5 Å². The molecule has 2 fully saturated rings. The van der Waals surface area contributed by atoms with Crippen molar-refractivity contribution in [2.24, 2.45) is 0 Å². The summed E-state index contributed by atoms with van der Waals surface area (Å²) in [6.07, 6.45) is 3.86. The van der Waals surface area contributed by atoms with Gasteiger partial charge in [-0.1, -0.05) is 24.1 Å². The second kappa shape index (κ2) is 8.88. The van der Waals surface area contributed by atoms with Crippen LogP contribution >= 0.6 is 11.6 Å². The number of rotatable bonds is 3. The van der Waals surface area contributed by atoms with E-state index in [4.69, 9.17) is 11.6 Å². The zero-order valence-electron chi connectivity index (χ0n) is 14.0. The Morgan fingerprint density at radius 3 is 2.52 bits per heavy atom. The molecule has 0 aliphatic carbocycles. The van der Waals surface area contributed by atoms with Crippen molar-refractivity contribution in [2.45, 2.75) is 25.8 Å². The number of nitrogens with zero attached hydrogens (tertiary/aromatic N) is 2. The monoisotopic (exact) mass is 336 g/mol. The van der Waals surface area contributed by atoms with Gasteiger partial charge in [0.2, 0.25) is 0 Å². The normalized spacial score (nSPS) is 21.5. The summed E-state index contributed by atoms with van der Waals surface area (Å²) in [7, 11) is 0. The third kappa shape index (κ3) is 5.08. The maximum atomic E-state index is 6.32. The lowest BCUT2D eigenvalue weighted by Gasteiger charge is -2.31. The molecule has 2 aliphatic heterocycles. The summed E-state index contributed by atoms with van der Waals surface area (Å²) in [5, 5.41) is 7.82. The lowest BCUT2D eigenvalue weighted by atomic mass is 10.1. The number of hydrogen-bond donors (Lipinski definition) is 2. The molecule has 23 heavy (non-hydrogen) atoms. The summed E-state index contributed by atoms with van der Waals surface area (Å²) in [4.78, 5) is 5.07. The smallest absolute Gasteiger partial charge is 0.0427 e. The molecule has 0 saturated carbocycles. The highest BCUT2D eigenvalue weighted by molar-refractivity contribution is 6.30. The molecule has 0 bridgehead atoms. The van der Waals surface area contributed by atoms with E-state index in [9.17, 15) is 0 Å². The molecule has 128 valence electrons. The van der Waals surface area contributed by atoms with Crippen LogP contribution in [0.3, 0.4) is 0 Å². The van der Waals surface area contributed by atoms with Gasteiger partial charge in [0.25, 0.3) is 0 Å². The van der Waals surface area contributed by atoms with Gasteiger partial charge in [0.1, 0.15) is 0 Å². The van der Waals surface area contributed by atoms with Crippen LogP contribution in [0.5, 0.6) is 0 Å². The van der Waals surface area contributed by atoms with Crippen molar-refractivity contribution in [3.63, 3.8) is 0 Å². The minimum Gasteiger partial charge on any atom is -0.370 e. The molecule has 0 unspecified atom stereocenters. The zero-order valence-corrected chi connectivity index (χ0v) is 14.7. The summed E-state index contributed by atoms with van der Waals surface area (Å²) < 4.78 is 0. The molecule has 2 aliphatic rings. The highest BCUT2D eigenvalue weighted by Crippen LogP contribution is 2.27. The number of nitrogens with one attached hydrogen (secondary N) is 2. The molecule has 0 amide bonds. The van der Waals surface area contributed by atoms with Gasteiger partial charge < -0.3 is 15.5 Å². The Kier molecular flexibility index (Phi) is 6.57. The van der Waals surface area contributed by atoms with Gasteiger partial charge in [0.15, 0.2) is 0 Å². The molecule has 0 atom stereocenters. The van der Waals surface area contributed by atoms with Crippen molar-refractivity contribution >= 4 is 17.3 Å². The predicted octanol–water partition coefficient (Wildman–Crippen LogP) is 2.33. The Balaban J connectivity index is 1.76. The van der Waals surface area contributed by atoms with Gasteiger partial charge in [0.05, 0.1) is 0 Å². The fraction of sp³-hybridized carbons (Fsp3) is 0.667. The van der Waals surface area contributed by atoms with E-state index in [1.165, 1.54) is 30.5 Å². The van der Waals surface area contributed by atoms with E-state index >= 15 is 0 Å². The third-order valence-corrected chi connectivity index (χ3v) is 5.07. The molecule has 0 radical (unpaired) electrons. The molecule has 1 aromatic carbocycles. The molecule has 3 rings (SSSR count). The van der Waals surface area contributed by atoms with Gasteiger partial charge in [-0.15, -0.1) is 0 Å². The SMILES string of the molecule is Clc1ccc(CN2CCNCC2)c(N2CCCCCNCC2)c1. The number of halogens is 1. The van der Waals surface area contributed by atoms with Gasteiger partial charge in [-0.05, 0) is 37.1 Å². The highest BCUT2D eigenvalue weighted by atomic mass is 35.5. The Morgan fingerprint density at radius 1 is 0.870 bits per heavy atom. The fourth-order valence-electron chi connectivity index (χ4n) is 3.50. The summed E-state index contributed by atoms with van der Waals surface area (Å²) in [5.74, 6) is 0. The highest BCUT2D eigenvalue weighted by Gasteiger charge is 2.16. The quantitative estimate of drug-likeness (QED) is 0.887. The fourth-order valence-corrected chi connectivity index (χ4v) is 3.66. The van der Waals surface area contributed by atoms with Crippen molar-refractivity contribution in [3.8, 4) is 0 Å². The Labute approximate surface area is 145 Å². The van der Waals surface area contributed by atoms with E-state index in [1.54, 1.807) is 0 Å². The van der Waals surface area contributed by atoms with Crippen molar-refractivity contribution in [3.05, 3.63) is 28.8 Å². The summed E-state index contributed by atoms with van der Waals surface area (Å²) >= 11 is 6.32. The van der Waals surface area contributed by atoms with Crippen molar-refractivity contribution < 1.29 is 0 Å². The van der Waals surface area contributed by atoms with Crippen LogP contribution in [-0.4, -0.2) is 57.3 Å². The lowest BCUT2D eigenvalue weighted by Crippen LogP contribution is -2.43. The summed E-state index contributed by atoms with van der Waals surface area (Å²) in [6, 6.07) is 6.42. The minimum absolute atomic E-state index is 0.844. The average molecular weight is 337 g/mol. The number of benzene rings is 1. The van der Waals surface area contributed by atoms with E-state index in [-0.39, 0.29) is 0 Å². The van der Waals surface area contributed by atoms with E-state index < -0.39 is 0 Å². The lowest BCUT2D eigenvalue weighted by molar-refractivity contribution is 0.233. The van der Waals surface area contributed by atoms with Gasteiger partial charge in [0, 0.05) is 63.1 Å². The molecule has 2 N–H and O–H groups in total. The predicted molar refractivity (Wildman–Crippen MR) is 98.5 cm³/mol. The van der Waals surface area contributed by atoms with E-state index in [0.29, 0.717) is 0 Å². The van der Waals surface area contributed by atoms with E-state index in [2.05, 4.69) is 32.6 Å². The van der Waals surface area contributed by atoms with Gasteiger partial charge in [-0.3, -0.25) is 4.90 Å². The van der Waals surface area contributed by atoms with Crippen molar-refractivity contribution in [2.75, 3.05) is 57.3 Å².